The fourth-order valence-corrected chi connectivity index (χ4v) is 1.60. The van der Waals surface area contributed by atoms with Crippen molar-refractivity contribution >= 4 is 22.0 Å². The minimum absolute atomic E-state index is 0.170. The molecule has 0 spiro atoms. The Hall–Kier alpha value is -1.17. The van der Waals surface area contributed by atoms with Gasteiger partial charge in [0.2, 0.25) is 0 Å². The molecule has 0 fully saturated rings. The summed E-state index contributed by atoms with van der Waals surface area (Å²) in [6.07, 6.45) is 0.880. The Morgan fingerprint density at radius 1 is 1.56 bits per heavy atom. The Balaban J connectivity index is 2.71. The smallest absolute Gasteiger partial charge is 0.408 e. The summed E-state index contributed by atoms with van der Waals surface area (Å²) in [5, 5.41) is 2.53. The van der Waals surface area contributed by atoms with Gasteiger partial charge >= 0.3 is 6.09 Å². The molecule has 1 heterocycles. The van der Waals surface area contributed by atoms with Crippen LogP contribution in [0.4, 0.5) is 9.18 Å². The van der Waals surface area contributed by atoms with Crippen molar-refractivity contribution in [1.29, 1.82) is 0 Å². The summed E-state index contributed by atoms with van der Waals surface area (Å²) < 4.78 is 19.2. The Kier molecular flexibility index (Phi) is 4.67. The standard InChI is InChI=1S/C12H16BrFN2O2/c1-7(16-11(17)18-12(2,3)4)10-9(14)5-8(13)6-15-10/h5-7H,1-4H3,(H,16,17)/t7-/m0/s1. The third-order valence-electron chi connectivity index (χ3n) is 1.98. The van der Waals surface area contributed by atoms with E-state index in [4.69, 9.17) is 4.74 Å². The first-order chi connectivity index (χ1) is 8.19. The van der Waals surface area contributed by atoms with E-state index in [2.05, 4.69) is 26.2 Å². The molecule has 100 valence electrons. The van der Waals surface area contributed by atoms with Crippen LogP contribution < -0.4 is 5.32 Å². The summed E-state index contributed by atoms with van der Waals surface area (Å²) in [6, 6.07) is 0.739. The van der Waals surface area contributed by atoms with Crippen molar-refractivity contribution in [1.82, 2.24) is 10.3 Å². The summed E-state index contributed by atoms with van der Waals surface area (Å²) in [5.74, 6) is -0.479. The highest BCUT2D eigenvalue weighted by Gasteiger charge is 2.20. The largest absolute Gasteiger partial charge is 0.444 e. The molecule has 1 atom stereocenters. The molecule has 0 radical (unpaired) electrons. The van der Waals surface area contributed by atoms with Gasteiger partial charge in [0, 0.05) is 10.7 Å². The number of rotatable bonds is 2. The first-order valence-corrected chi connectivity index (χ1v) is 6.29. The molecule has 0 aromatic carbocycles. The molecule has 0 aliphatic carbocycles. The molecule has 0 aliphatic heterocycles. The van der Waals surface area contributed by atoms with Crippen molar-refractivity contribution in [2.75, 3.05) is 0 Å². The maximum atomic E-state index is 13.6. The molecule has 1 rings (SSSR count). The summed E-state index contributed by atoms with van der Waals surface area (Å²) in [7, 11) is 0. The van der Waals surface area contributed by atoms with Crippen molar-refractivity contribution < 1.29 is 13.9 Å². The summed E-state index contributed by atoms with van der Waals surface area (Å²) >= 11 is 3.12. The van der Waals surface area contributed by atoms with Crippen LogP contribution in [0.15, 0.2) is 16.7 Å². The minimum Gasteiger partial charge on any atom is -0.444 e. The van der Waals surface area contributed by atoms with Gasteiger partial charge in [0.1, 0.15) is 11.4 Å². The van der Waals surface area contributed by atoms with Crippen LogP contribution >= 0.6 is 15.9 Å². The molecule has 0 saturated carbocycles. The fourth-order valence-electron chi connectivity index (χ4n) is 1.30. The van der Waals surface area contributed by atoms with E-state index < -0.39 is 23.6 Å². The van der Waals surface area contributed by atoms with E-state index in [9.17, 15) is 9.18 Å². The Morgan fingerprint density at radius 2 is 2.17 bits per heavy atom. The van der Waals surface area contributed by atoms with Crippen LogP contribution in [0.25, 0.3) is 0 Å². The quantitative estimate of drug-likeness (QED) is 0.907. The van der Waals surface area contributed by atoms with Crippen molar-refractivity contribution in [2.45, 2.75) is 39.3 Å². The third-order valence-corrected chi connectivity index (χ3v) is 2.41. The monoisotopic (exact) mass is 318 g/mol. The molecule has 1 N–H and O–H groups in total. The summed E-state index contributed by atoms with van der Waals surface area (Å²) in [4.78, 5) is 15.5. The van der Waals surface area contributed by atoms with Gasteiger partial charge in [-0.1, -0.05) is 0 Å². The van der Waals surface area contributed by atoms with Gasteiger partial charge in [-0.2, -0.15) is 0 Å². The molecule has 0 saturated heterocycles. The first-order valence-electron chi connectivity index (χ1n) is 5.49. The number of nitrogens with zero attached hydrogens (tertiary/aromatic N) is 1. The van der Waals surface area contributed by atoms with Gasteiger partial charge in [-0.3, -0.25) is 4.98 Å². The summed E-state index contributed by atoms with van der Waals surface area (Å²) in [5.41, 5.74) is -0.417. The molecule has 1 amide bonds. The average Bonchev–Trinajstić information content (AvgIpc) is 2.13. The molecule has 0 unspecified atom stereocenters. The second-order valence-electron chi connectivity index (χ2n) is 4.89. The molecule has 0 aliphatic rings. The van der Waals surface area contributed by atoms with Gasteiger partial charge in [0.15, 0.2) is 0 Å². The normalized spacial score (nSPS) is 13.0. The van der Waals surface area contributed by atoms with Gasteiger partial charge < -0.3 is 10.1 Å². The molecule has 4 nitrogen and oxygen atoms in total. The molecule has 1 aromatic rings. The Labute approximate surface area is 114 Å². The SMILES string of the molecule is C[C@H](NC(=O)OC(C)(C)C)c1ncc(Br)cc1F. The van der Waals surface area contributed by atoms with Crippen molar-refractivity contribution in [3.05, 3.63) is 28.2 Å². The Bertz CT molecular complexity index is 446. The van der Waals surface area contributed by atoms with Crippen molar-refractivity contribution in [3.8, 4) is 0 Å². The highest BCUT2D eigenvalue weighted by atomic mass is 79.9. The number of ether oxygens (including phenoxy) is 1. The highest BCUT2D eigenvalue weighted by molar-refractivity contribution is 9.10. The van der Waals surface area contributed by atoms with E-state index in [0.717, 1.165) is 0 Å². The van der Waals surface area contributed by atoms with E-state index in [0.29, 0.717) is 4.47 Å². The molecule has 6 heteroatoms. The lowest BCUT2D eigenvalue weighted by Crippen LogP contribution is -2.34. The van der Waals surface area contributed by atoms with Crippen LogP contribution in [-0.2, 0) is 4.74 Å². The number of carbonyl (C=O) groups is 1. The zero-order valence-corrected chi connectivity index (χ0v) is 12.3. The van der Waals surface area contributed by atoms with Gasteiger partial charge in [-0.15, -0.1) is 0 Å². The van der Waals surface area contributed by atoms with E-state index in [1.54, 1.807) is 27.7 Å². The molecular formula is C12H16BrFN2O2. The third kappa shape index (κ3) is 4.60. The first kappa shape index (κ1) is 14.9. The predicted octanol–water partition coefficient (Wildman–Crippen LogP) is 3.57. The Morgan fingerprint density at radius 3 is 2.67 bits per heavy atom. The molecule has 18 heavy (non-hydrogen) atoms. The van der Waals surface area contributed by atoms with Crippen LogP contribution in [-0.4, -0.2) is 16.7 Å². The van der Waals surface area contributed by atoms with Crippen LogP contribution in [0.1, 0.15) is 39.4 Å². The number of carbonyl (C=O) groups excluding carboxylic acids is 1. The van der Waals surface area contributed by atoms with E-state index in [1.807, 2.05) is 0 Å². The number of aromatic nitrogens is 1. The molecule has 0 bridgehead atoms. The number of hydrogen-bond donors (Lipinski definition) is 1. The zero-order chi connectivity index (χ0) is 13.9. The number of halogens is 2. The molecule has 1 aromatic heterocycles. The maximum Gasteiger partial charge on any atom is 0.408 e. The van der Waals surface area contributed by atoms with E-state index in [-0.39, 0.29) is 5.69 Å². The lowest BCUT2D eigenvalue weighted by Gasteiger charge is -2.21. The number of amides is 1. The lowest BCUT2D eigenvalue weighted by atomic mass is 10.2. The topological polar surface area (TPSA) is 51.2 Å². The maximum absolute atomic E-state index is 13.6. The average molecular weight is 319 g/mol. The highest BCUT2D eigenvalue weighted by Crippen LogP contribution is 2.18. The zero-order valence-electron chi connectivity index (χ0n) is 10.8. The van der Waals surface area contributed by atoms with Gasteiger partial charge in [-0.25, -0.2) is 9.18 Å². The van der Waals surface area contributed by atoms with E-state index >= 15 is 0 Å². The van der Waals surface area contributed by atoms with Crippen LogP contribution in [0, 0.1) is 5.82 Å². The van der Waals surface area contributed by atoms with Gasteiger partial charge in [-0.05, 0) is 49.7 Å². The van der Waals surface area contributed by atoms with Gasteiger partial charge in [0.05, 0.1) is 11.7 Å². The lowest BCUT2D eigenvalue weighted by molar-refractivity contribution is 0.0506. The van der Waals surface area contributed by atoms with E-state index in [1.165, 1.54) is 12.3 Å². The van der Waals surface area contributed by atoms with Crippen LogP contribution in [0.5, 0.6) is 0 Å². The van der Waals surface area contributed by atoms with Gasteiger partial charge in [0.25, 0.3) is 0 Å². The van der Waals surface area contributed by atoms with Crippen molar-refractivity contribution in [3.63, 3.8) is 0 Å². The fraction of sp³-hybridized carbons (Fsp3) is 0.500. The number of alkyl carbamates (subject to hydrolysis) is 1. The number of nitrogens with one attached hydrogen (secondary N) is 1. The van der Waals surface area contributed by atoms with Crippen molar-refractivity contribution in [2.24, 2.45) is 0 Å². The van der Waals surface area contributed by atoms with Crippen LogP contribution in [0.2, 0.25) is 0 Å². The second kappa shape index (κ2) is 5.65. The van der Waals surface area contributed by atoms with Crippen LogP contribution in [0.3, 0.4) is 0 Å². The number of pyridine rings is 1. The molecular weight excluding hydrogens is 303 g/mol. The second-order valence-corrected chi connectivity index (χ2v) is 5.80. The predicted molar refractivity (Wildman–Crippen MR) is 69.7 cm³/mol. The number of hydrogen-bond acceptors (Lipinski definition) is 3. The minimum atomic E-state index is -0.598. The summed E-state index contributed by atoms with van der Waals surface area (Å²) in [6.45, 7) is 6.92.